The minimum Gasteiger partial charge on any atom is -0.504 e. The van der Waals surface area contributed by atoms with Gasteiger partial charge in [0.15, 0.2) is 11.5 Å². The SMILES string of the molecule is COc1cccc(C(=O)NCC(N)c2ccccc2)c1O. The third kappa shape index (κ3) is 3.52. The normalized spacial score (nSPS) is 11.7. The summed E-state index contributed by atoms with van der Waals surface area (Å²) in [6.07, 6.45) is 0. The van der Waals surface area contributed by atoms with Crippen molar-refractivity contribution in [3.63, 3.8) is 0 Å². The van der Waals surface area contributed by atoms with Crippen LogP contribution < -0.4 is 15.8 Å². The highest BCUT2D eigenvalue weighted by Crippen LogP contribution is 2.29. The molecule has 1 unspecified atom stereocenters. The second kappa shape index (κ2) is 6.76. The van der Waals surface area contributed by atoms with Crippen LogP contribution in [0.5, 0.6) is 11.5 Å². The number of rotatable bonds is 5. The lowest BCUT2D eigenvalue weighted by molar-refractivity contribution is 0.0948. The highest BCUT2D eigenvalue weighted by molar-refractivity contribution is 5.97. The fourth-order valence-corrected chi connectivity index (χ4v) is 1.99. The van der Waals surface area contributed by atoms with Gasteiger partial charge in [0.2, 0.25) is 0 Å². The number of hydrogen-bond donors (Lipinski definition) is 3. The van der Waals surface area contributed by atoms with Gasteiger partial charge in [0.1, 0.15) is 0 Å². The maximum absolute atomic E-state index is 12.1. The first-order valence-corrected chi connectivity index (χ1v) is 6.58. The predicted octanol–water partition coefficient (Wildman–Crippen LogP) is 1.83. The second-order valence-electron chi connectivity index (χ2n) is 4.58. The van der Waals surface area contributed by atoms with Crippen molar-refractivity contribution in [2.75, 3.05) is 13.7 Å². The van der Waals surface area contributed by atoms with Gasteiger partial charge in [0, 0.05) is 12.6 Å². The molecule has 0 aliphatic heterocycles. The van der Waals surface area contributed by atoms with E-state index in [1.807, 2.05) is 30.3 Å². The minimum absolute atomic E-state index is 0.162. The summed E-state index contributed by atoms with van der Waals surface area (Å²) in [6.45, 7) is 0.277. The van der Waals surface area contributed by atoms with Gasteiger partial charge >= 0.3 is 0 Å². The number of ether oxygens (including phenoxy) is 1. The number of nitrogens with two attached hydrogens (primary N) is 1. The smallest absolute Gasteiger partial charge is 0.255 e. The van der Waals surface area contributed by atoms with Gasteiger partial charge in [-0.15, -0.1) is 0 Å². The lowest BCUT2D eigenvalue weighted by atomic mass is 10.1. The fraction of sp³-hybridized carbons (Fsp3) is 0.188. The van der Waals surface area contributed by atoms with Crippen molar-refractivity contribution in [1.29, 1.82) is 0 Å². The molecule has 5 heteroatoms. The van der Waals surface area contributed by atoms with Gasteiger partial charge in [-0.25, -0.2) is 0 Å². The second-order valence-corrected chi connectivity index (χ2v) is 4.58. The van der Waals surface area contributed by atoms with Crippen molar-refractivity contribution in [3.05, 3.63) is 59.7 Å². The zero-order valence-electron chi connectivity index (χ0n) is 11.7. The molecule has 0 aliphatic carbocycles. The first-order chi connectivity index (χ1) is 10.1. The third-order valence-electron chi connectivity index (χ3n) is 3.17. The molecule has 110 valence electrons. The lowest BCUT2D eigenvalue weighted by Crippen LogP contribution is -2.31. The number of amides is 1. The molecular weight excluding hydrogens is 268 g/mol. The Hall–Kier alpha value is -2.53. The number of phenolic OH excluding ortho intramolecular Hbond substituents is 1. The van der Waals surface area contributed by atoms with Gasteiger partial charge in [0.05, 0.1) is 12.7 Å². The Morgan fingerprint density at radius 3 is 2.62 bits per heavy atom. The summed E-state index contributed by atoms with van der Waals surface area (Å²) < 4.78 is 4.98. The van der Waals surface area contributed by atoms with Crippen molar-refractivity contribution in [2.24, 2.45) is 5.73 Å². The Morgan fingerprint density at radius 1 is 1.24 bits per heavy atom. The van der Waals surface area contributed by atoms with Crippen molar-refractivity contribution in [1.82, 2.24) is 5.32 Å². The number of nitrogens with one attached hydrogen (secondary N) is 1. The molecule has 2 aromatic carbocycles. The Bertz CT molecular complexity index is 614. The van der Waals surface area contributed by atoms with Gasteiger partial charge in [-0.2, -0.15) is 0 Å². The zero-order chi connectivity index (χ0) is 15.2. The van der Waals surface area contributed by atoms with Crippen LogP contribution >= 0.6 is 0 Å². The molecule has 0 spiro atoms. The molecule has 0 bridgehead atoms. The summed E-state index contributed by atoms with van der Waals surface area (Å²) in [5.41, 5.74) is 7.11. The third-order valence-corrected chi connectivity index (χ3v) is 3.17. The summed E-state index contributed by atoms with van der Waals surface area (Å²) in [5.74, 6) is -0.307. The van der Waals surface area contributed by atoms with Gasteiger partial charge in [-0.05, 0) is 17.7 Å². The first kappa shape index (κ1) is 14.9. The van der Waals surface area contributed by atoms with Crippen molar-refractivity contribution < 1.29 is 14.6 Å². The van der Waals surface area contributed by atoms with Crippen molar-refractivity contribution >= 4 is 5.91 Å². The molecule has 0 heterocycles. The number of phenols is 1. The Balaban J connectivity index is 2.02. The molecule has 21 heavy (non-hydrogen) atoms. The first-order valence-electron chi connectivity index (χ1n) is 6.58. The van der Waals surface area contributed by atoms with E-state index in [1.165, 1.54) is 13.2 Å². The Morgan fingerprint density at radius 2 is 1.95 bits per heavy atom. The summed E-state index contributed by atoms with van der Waals surface area (Å²) in [6, 6.07) is 14.0. The molecule has 0 saturated carbocycles. The van der Waals surface area contributed by atoms with Crippen LogP contribution in [0.25, 0.3) is 0 Å². The molecule has 2 rings (SSSR count). The summed E-state index contributed by atoms with van der Waals surface area (Å²) in [4.78, 5) is 12.1. The molecule has 2 aromatic rings. The van der Waals surface area contributed by atoms with Crippen LogP contribution in [-0.4, -0.2) is 24.7 Å². The van der Waals surface area contributed by atoms with E-state index in [0.29, 0.717) is 0 Å². The zero-order valence-corrected chi connectivity index (χ0v) is 11.7. The van der Waals surface area contributed by atoms with E-state index in [0.717, 1.165) is 5.56 Å². The number of methoxy groups -OCH3 is 1. The number of hydrogen-bond acceptors (Lipinski definition) is 4. The molecule has 1 amide bonds. The maximum Gasteiger partial charge on any atom is 0.255 e. The molecule has 4 N–H and O–H groups in total. The van der Waals surface area contributed by atoms with Gasteiger partial charge in [-0.1, -0.05) is 36.4 Å². The molecule has 1 atom stereocenters. The number of carbonyl (C=O) groups is 1. The molecular formula is C16H18N2O3. The lowest BCUT2D eigenvalue weighted by Gasteiger charge is -2.14. The predicted molar refractivity (Wildman–Crippen MR) is 80.4 cm³/mol. The minimum atomic E-state index is -0.391. The number of aromatic hydroxyl groups is 1. The number of carbonyl (C=O) groups excluding carboxylic acids is 1. The van der Waals surface area contributed by atoms with Gasteiger partial charge in [-0.3, -0.25) is 4.79 Å². The Kier molecular flexibility index (Phi) is 4.79. The highest BCUT2D eigenvalue weighted by atomic mass is 16.5. The van der Waals surface area contributed by atoms with Crippen LogP contribution in [-0.2, 0) is 0 Å². The largest absolute Gasteiger partial charge is 0.504 e. The van der Waals surface area contributed by atoms with Crippen LogP contribution in [0.4, 0.5) is 0 Å². The summed E-state index contributed by atoms with van der Waals surface area (Å²) in [5, 5.41) is 12.6. The van der Waals surface area contributed by atoms with E-state index < -0.39 is 5.91 Å². The monoisotopic (exact) mass is 286 g/mol. The van der Waals surface area contributed by atoms with Gasteiger partial charge < -0.3 is 20.9 Å². The maximum atomic E-state index is 12.1. The molecule has 0 aromatic heterocycles. The van der Waals surface area contributed by atoms with Gasteiger partial charge in [0.25, 0.3) is 5.91 Å². The number of para-hydroxylation sites is 1. The van der Waals surface area contributed by atoms with Crippen molar-refractivity contribution in [2.45, 2.75) is 6.04 Å². The quantitative estimate of drug-likeness (QED) is 0.783. The number of benzene rings is 2. The van der Waals surface area contributed by atoms with E-state index in [9.17, 15) is 9.90 Å². The average molecular weight is 286 g/mol. The van der Waals surface area contributed by atoms with E-state index >= 15 is 0 Å². The average Bonchev–Trinajstić information content (AvgIpc) is 2.53. The summed E-state index contributed by atoms with van der Waals surface area (Å²) in [7, 11) is 1.43. The topological polar surface area (TPSA) is 84.6 Å². The Labute approximate surface area is 123 Å². The molecule has 0 radical (unpaired) electrons. The highest BCUT2D eigenvalue weighted by Gasteiger charge is 2.15. The molecule has 0 aliphatic rings. The van der Waals surface area contributed by atoms with E-state index in [2.05, 4.69) is 5.32 Å². The van der Waals surface area contributed by atoms with Crippen LogP contribution in [0.1, 0.15) is 22.0 Å². The van der Waals surface area contributed by atoms with E-state index in [4.69, 9.17) is 10.5 Å². The van der Waals surface area contributed by atoms with Crippen LogP contribution in [0.15, 0.2) is 48.5 Å². The molecule has 0 saturated heterocycles. The van der Waals surface area contributed by atoms with Crippen LogP contribution in [0, 0.1) is 0 Å². The standard InChI is InChI=1S/C16H18N2O3/c1-21-14-9-5-8-12(15(14)19)16(20)18-10-13(17)11-6-3-2-4-7-11/h2-9,13,19H,10,17H2,1H3,(H,18,20). The van der Waals surface area contributed by atoms with Crippen LogP contribution in [0.2, 0.25) is 0 Å². The van der Waals surface area contributed by atoms with E-state index in [-0.39, 0.29) is 29.6 Å². The molecule has 5 nitrogen and oxygen atoms in total. The molecule has 0 fully saturated rings. The van der Waals surface area contributed by atoms with E-state index in [1.54, 1.807) is 12.1 Å². The fourth-order valence-electron chi connectivity index (χ4n) is 1.99. The summed E-state index contributed by atoms with van der Waals surface area (Å²) >= 11 is 0. The van der Waals surface area contributed by atoms with Crippen LogP contribution in [0.3, 0.4) is 0 Å². The van der Waals surface area contributed by atoms with Crippen molar-refractivity contribution in [3.8, 4) is 11.5 Å².